The molecule has 2 N–H and O–H groups in total. The molecule has 2 aromatic carbocycles. The molecule has 0 aliphatic heterocycles. The quantitative estimate of drug-likeness (QED) is 0.540. The molecule has 168 valence electrons. The number of halogens is 1. The summed E-state index contributed by atoms with van der Waals surface area (Å²) in [6.45, 7) is 2.44. The number of hydrogen-bond donors (Lipinski definition) is 2. The topological polar surface area (TPSA) is 113 Å². The largest absolute Gasteiger partial charge is 0.454 e. The van der Waals surface area contributed by atoms with Crippen LogP contribution < -0.4 is 10.6 Å². The molecule has 3 aromatic rings. The average Bonchev–Trinajstić information content (AvgIpc) is 3.05. The van der Waals surface area contributed by atoms with Gasteiger partial charge in [0, 0.05) is 11.4 Å². The molecule has 3 rings (SSSR count). The van der Waals surface area contributed by atoms with Gasteiger partial charge in [0.2, 0.25) is 0 Å². The lowest BCUT2D eigenvalue weighted by molar-refractivity contribution is -0.146. The normalized spacial score (nSPS) is 10.2. The zero-order valence-electron chi connectivity index (χ0n) is 18.0. The zero-order valence-corrected chi connectivity index (χ0v) is 18.0. The van der Waals surface area contributed by atoms with Crippen LogP contribution in [-0.2, 0) is 14.3 Å². The average molecular weight is 448 g/mol. The number of hydrogen-bond acceptors (Lipinski definition) is 5. The first-order chi connectivity index (χ1) is 15.8. The van der Waals surface area contributed by atoms with E-state index in [1.165, 1.54) is 18.2 Å². The SMILES string of the molecule is Cc1c(C#N)c(NC(=O)COC(=O)CNC(=O)c2ccccc2F)n(-c2ccccc2)c1C. The van der Waals surface area contributed by atoms with Crippen molar-refractivity contribution < 1.29 is 23.5 Å². The summed E-state index contributed by atoms with van der Waals surface area (Å²) in [4.78, 5) is 36.3. The van der Waals surface area contributed by atoms with Gasteiger partial charge < -0.3 is 15.4 Å². The maximum absolute atomic E-state index is 13.6. The van der Waals surface area contributed by atoms with E-state index in [1.54, 1.807) is 11.5 Å². The standard InChI is InChI=1S/C24H21FN4O4/c1-15-16(2)29(17-8-4-3-5-9-17)23(19(15)12-26)28-21(30)14-33-22(31)13-27-24(32)18-10-6-7-11-20(18)25/h3-11H,13-14H2,1-2H3,(H,27,32)(H,28,30). The predicted octanol–water partition coefficient (Wildman–Crippen LogP) is 3.02. The first kappa shape index (κ1) is 23.2. The van der Waals surface area contributed by atoms with E-state index in [4.69, 9.17) is 4.74 Å². The molecule has 1 heterocycles. The highest BCUT2D eigenvalue weighted by Gasteiger charge is 2.21. The maximum atomic E-state index is 13.6. The molecular weight excluding hydrogens is 427 g/mol. The van der Waals surface area contributed by atoms with Crippen molar-refractivity contribution >= 4 is 23.6 Å². The minimum absolute atomic E-state index is 0.209. The smallest absolute Gasteiger partial charge is 0.325 e. The van der Waals surface area contributed by atoms with E-state index in [1.807, 2.05) is 37.3 Å². The minimum Gasteiger partial charge on any atom is -0.454 e. The van der Waals surface area contributed by atoms with E-state index in [2.05, 4.69) is 16.7 Å². The second-order valence-electron chi connectivity index (χ2n) is 7.09. The van der Waals surface area contributed by atoms with Crippen LogP contribution >= 0.6 is 0 Å². The number of nitrogens with one attached hydrogen (secondary N) is 2. The van der Waals surface area contributed by atoms with E-state index in [0.717, 1.165) is 17.4 Å². The first-order valence-electron chi connectivity index (χ1n) is 9.99. The van der Waals surface area contributed by atoms with Crippen LogP contribution in [0.25, 0.3) is 5.69 Å². The molecule has 2 amide bonds. The number of aromatic nitrogens is 1. The zero-order chi connectivity index (χ0) is 24.0. The van der Waals surface area contributed by atoms with Gasteiger partial charge in [-0.25, -0.2) is 4.39 Å². The number of nitriles is 1. The molecule has 0 spiro atoms. The Morgan fingerprint density at radius 3 is 2.39 bits per heavy atom. The number of nitrogens with zero attached hydrogens (tertiary/aromatic N) is 2. The van der Waals surface area contributed by atoms with Crippen molar-refractivity contribution in [2.24, 2.45) is 0 Å². The van der Waals surface area contributed by atoms with Gasteiger partial charge in [0.15, 0.2) is 6.61 Å². The van der Waals surface area contributed by atoms with Crippen molar-refractivity contribution in [1.29, 1.82) is 5.26 Å². The monoisotopic (exact) mass is 448 g/mol. The van der Waals surface area contributed by atoms with Gasteiger partial charge in [0.05, 0.1) is 11.1 Å². The lowest BCUT2D eigenvalue weighted by Crippen LogP contribution is -2.32. The number of benzene rings is 2. The van der Waals surface area contributed by atoms with Crippen molar-refractivity contribution in [2.75, 3.05) is 18.5 Å². The summed E-state index contributed by atoms with van der Waals surface area (Å²) < 4.78 is 20.3. The van der Waals surface area contributed by atoms with Crippen LogP contribution in [0.1, 0.15) is 27.2 Å². The van der Waals surface area contributed by atoms with Gasteiger partial charge in [-0.05, 0) is 43.7 Å². The highest BCUT2D eigenvalue weighted by atomic mass is 19.1. The predicted molar refractivity (Wildman–Crippen MR) is 118 cm³/mol. The minimum atomic E-state index is -0.874. The number of rotatable bonds is 7. The molecule has 0 bridgehead atoms. The summed E-state index contributed by atoms with van der Waals surface area (Å²) in [7, 11) is 0. The first-order valence-corrected chi connectivity index (χ1v) is 9.99. The Bertz CT molecular complexity index is 1250. The van der Waals surface area contributed by atoms with E-state index in [0.29, 0.717) is 11.1 Å². The van der Waals surface area contributed by atoms with Crippen molar-refractivity contribution in [3.8, 4) is 11.8 Å². The van der Waals surface area contributed by atoms with E-state index in [-0.39, 0.29) is 11.4 Å². The van der Waals surface area contributed by atoms with Crippen LogP contribution in [0.5, 0.6) is 0 Å². The van der Waals surface area contributed by atoms with E-state index in [9.17, 15) is 24.0 Å². The Hall–Kier alpha value is -4.45. The van der Waals surface area contributed by atoms with Gasteiger partial charge in [-0.2, -0.15) is 5.26 Å². The Labute approximate surface area is 189 Å². The van der Waals surface area contributed by atoms with Gasteiger partial charge in [-0.3, -0.25) is 19.0 Å². The van der Waals surface area contributed by atoms with Gasteiger partial charge in [-0.1, -0.05) is 30.3 Å². The van der Waals surface area contributed by atoms with Crippen LogP contribution in [0.2, 0.25) is 0 Å². The fraction of sp³-hybridized carbons (Fsp3) is 0.167. The number of esters is 1. The lowest BCUT2D eigenvalue weighted by atomic mass is 10.2. The maximum Gasteiger partial charge on any atom is 0.325 e. The molecule has 0 aliphatic rings. The Kier molecular flexibility index (Phi) is 7.20. The summed E-state index contributed by atoms with van der Waals surface area (Å²) in [5.74, 6) is -2.76. The summed E-state index contributed by atoms with van der Waals surface area (Å²) >= 11 is 0. The number of ether oxygens (including phenoxy) is 1. The van der Waals surface area contributed by atoms with Gasteiger partial charge in [0.1, 0.15) is 24.2 Å². The summed E-state index contributed by atoms with van der Waals surface area (Å²) in [5.41, 5.74) is 2.33. The van der Waals surface area contributed by atoms with Crippen LogP contribution in [0.15, 0.2) is 54.6 Å². The van der Waals surface area contributed by atoms with Crippen LogP contribution in [0.3, 0.4) is 0 Å². The van der Waals surface area contributed by atoms with Gasteiger partial charge in [0.25, 0.3) is 11.8 Å². The van der Waals surface area contributed by atoms with E-state index >= 15 is 0 Å². The highest BCUT2D eigenvalue weighted by Crippen LogP contribution is 2.29. The van der Waals surface area contributed by atoms with Crippen LogP contribution in [0, 0.1) is 31.0 Å². The third kappa shape index (κ3) is 5.25. The van der Waals surface area contributed by atoms with Crippen molar-refractivity contribution in [1.82, 2.24) is 9.88 Å². The molecule has 0 aliphatic carbocycles. The molecular formula is C24H21FN4O4. The number of carbonyl (C=O) groups excluding carboxylic acids is 3. The third-order valence-electron chi connectivity index (χ3n) is 4.97. The molecule has 0 saturated carbocycles. The number of para-hydroxylation sites is 1. The summed E-state index contributed by atoms with van der Waals surface area (Å²) in [6, 6.07) is 16.6. The number of anilines is 1. The van der Waals surface area contributed by atoms with Gasteiger partial charge >= 0.3 is 5.97 Å². The van der Waals surface area contributed by atoms with E-state index < -0.39 is 36.8 Å². The molecule has 0 fully saturated rings. The van der Waals surface area contributed by atoms with Crippen molar-refractivity contribution in [2.45, 2.75) is 13.8 Å². The molecule has 9 heteroatoms. The van der Waals surface area contributed by atoms with Crippen LogP contribution in [-0.4, -0.2) is 35.5 Å². The molecule has 0 unspecified atom stereocenters. The Balaban J connectivity index is 1.63. The molecule has 33 heavy (non-hydrogen) atoms. The second-order valence-corrected chi connectivity index (χ2v) is 7.09. The number of carbonyl (C=O) groups is 3. The molecule has 8 nitrogen and oxygen atoms in total. The lowest BCUT2D eigenvalue weighted by Gasteiger charge is -2.13. The third-order valence-corrected chi connectivity index (χ3v) is 4.97. The Morgan fingerprint density at radius 2 is 1.73 bits per heavy atom. The Morgan fingerprint density at radius 1 is 1.06 bits per heavy atom. The fourth-order valence-electron chi connectivity index (χ4n) is 3.22. The molecule has 1 aromatic heterocycles. The summed E-state index contributed by atoms with van der Waals surface area (Å²) in [6.07, 6.45) is 0. The molecule has 0 saturated heterocycles. The van der Waals surface area contributed by atoms with Crippen LogP contribution in [0.4, 0.5) is 10.2 Å². The van der Waals surface area contributed by atoms with Gasteiger partial charge in [-0.15, -0.1) is 0 Å². The second kappa shape index (κ2) is 10.2. The number of amides is 2. The van der Waals surface area contributed by atoms with Crippen molar-refractivity contribution in [3.63, 3.8) is 0 Å². The fourth-order valence-corrected chi connectivity index (χ4v) is 3.22. The molecule has 0 radical (unpaired) electrons. The highest BCUT2D eigenvalue weighted by molar-refractivity contribution is 5.97. The molecule has 0 atom stereocenters. The van der Waals surface area contributed by atoms with Crippen molar-refractivity contribution in [3.05, 3.63) is 82.8 Å². The summed E-state index contributed by atoms with van der Waals surface area (Å²) in [5, 5.41) is 14.5.